The van der Waals surface area contributed by atoms with Crippen LogP contribution in [-0.2, 0) is 9.59 Å². The first-order chi connectivity index (χ1) is 17.7. The molecule has 0 radical (unpaired) electrons. The van der Waals surface area contributed by atoms with Crippen LogP contribution in [0.25, 0.3) is 21.5 Å². The first kappa shape index (κ1) is 25.0. The average molecular weight is 485 g/mol. The van der Waals surface area contributed by atoms with E-state index in [1.807, 2.05) is 84.9 Å². The Hall–Kier alpha value is -4.06. The van der Waals surface area contributed by atoms with E-state index in [0.717, 1.165) is 47.2 Å². The van der Waals surface area contributed by atoms with Crippen molar-refractivity contribution in [3.8, 4) is 11.5 Å². The molecule has 4 aromatic rings. The van der Waals surface area contributed by atoms with Gasteiger partial charge in [-0.2, -0.15) is 0 Å². The third-order valence-corrected chi connectivity index (χ3v) is 5.93. The molecule has 0 unspecified atom stereocenters. The van der Waals surface area contributed by atoms with Gasteiger partial charge in [0.2, 0.25) is 0 Å². The van der Waals surface area contributed by atoms with E-state index in [1.54, 1.807) is 0 Å². The largest absolute Gasteiger partial charge is 0.484 e. The fourth-order valence-corrected chi connectivity index (χ4v) is 3.97. The Morgan fingerprint density at radius 1 is 0.528 bits per heavy atom. The Labute approximate surface area is 211 Å². The fourth-order valence-electron chi connectivity index (χ4n) is 3.97. The van der Waals surface area contributed by atoms with Crippen LogP contribution >= 0.6 is 0 Å². The number of unbranched alkanes of at least 4 members (excludes halogenated alkanes) is 3. The Morgan fingerprint density at radius 3 is 1.39 bits per heavy atom. The van der Waals surface area contributed by atoms with Crippen molar-refractivity contribution in [2.24, 2.45) is 0 Å². The second-order valence-corrected chi connectivity index (χ2v) is 8.71. The molecular formula is C30H32N2O4. The van der Waals surface area contributed by atoms with E-state index >= 15 is 0 Å². The highest BCUT2D eigenvalue weighted by Crippen LogP contribution is 2.21. The molecule has 0 aromatic heterocycles. The van der Waals surface area contributed by atoms with Crippen LogP contribution in [0, 0.1) is 0 Å². The zero-order valence-electron chi connectivity index (χ0n) is 20.4. The van der Waals surface area contributed by atoms with Crippen LogP contribution in [0.4, 0.5) is 0 Å². The third kappa shape index (κ3) is 7.73. The number of hydrogen-bond donors (Lipinski definition) is 2. The van der Waals surface area contributed by atoms with Crippen molar-refractivity contribution < 1.29 is 19.1 Å². The zero-order valence-corrected chi connectivity index (χ0v) is 20.4. The SMILES string of the molecule is O=C(COc1ccc2ccccc2c1)NCCCCCCNC(=O)COc1ccc2ccccc2c1. The van der Waals surface area contributed by atoms with Gasteiger partial charge in [-0.1, -0.05) is 73.5 Å². The maximum absolute atomic E-state index is 12.0. The molecule has 6 nitrogen and oxygen atoms in total. The lowest BCUT2D eigenvalue weighted by atomic mass is 10.1. The van der Waals surface area contributed by atoms with Gasteiger partial charge in [0.05, 0.1) is 0 Å². The molecule has 6 heteroatoms. The molecule has 186 valence electrons. The molecule has 4 aromatic carbocycles. The van der Waals surface area contributed by atoms with Gasteiger partial charge in [0.15, 0.2) is 13.2 Å². The highest BCUT2D eigenvalue weighted by atomic mass is 16.5. The van der Waals surface area contributed by atoms with Gasteiger partial charge in [0.1, 0.15) is 11.5 Å². The predicted octanol–water partition coefficient (Wildman–Crippen LogP) is 5.24. The quantitative estimate of drug-likeness (QED) is 0.254. The van der Waals surface area contributed by atoms with Crippen LogP contribution < -0.4 is 20.1 Å². The van der Waals surface area contributed by atoms with Crippen LogP contribution in [0.15, 0.2) is 84.9 Å². The number of nitrogens with one attached hydrogen (secondary N) is 2. The van der Waals surface area contributed by atoms with E-state index in [0.29, 0.717) is 24.6 Å². The lowest BCUT2D eigenvalue weighted by Crippen LogP contribution is -2.30. The number of rotatable bonds is 13. The number of hydrogen-bond acceptors (Lipinski definition) is 4. The highest BCUT2D eigenvalue weighted by Gasteiger charge is 2.05. The minimum absolute atomic E-state index is 0.00560. The Morgan fingerprint density at radius 2 is 0.944 bits per heavy atom. The molecule has 0 saturated carbocycles. The normalized spacial score (nSPS) is 10.8. The van der Waals surface area contributed by atoms with Crippen molar-refractivity contribution >= 4 is 33.4 Å². The number of carbonyl (C=O) groups excluding carboxylic acids is 2. The third-order valence-electron chi connectivity index (χ3n) is 5.93. The first-order valence-corrected chi connectivity index (χ1v) is 12.4. The molecule has 0 atom stereocenters. The van der Waals surface area contributed by atoms with Crippen molar-refractivity contribution in [3.05, 3.63) is 84.9 Å². The summed E-state index contributed by atoms with van der Waals surface area (Å²) >= 11 is 0. The van der Waals surface area contributed by atoms with E-state index < -0.39 is 0 Å². The molecule has 0 heterocycles. The summed E-state index contributed by atoms with van der Waals surface area (Å²) < 4.78 is 11.2. The summed E-state index contributed by atoms with van der Waals surface area (Å²) in [6.07, 6.45) is 3.74. The Kier molecular flexibility index (Phi) is 9.14. The van der Waals surface area contributed by atoms with E-state index in [1.165, 1.54) is 0 Å². The van der Waals surface area contributed by atoms with Gasteiger partial charge in [-0.15, -0.1) is 0 Å². The number of carbonyl (C=O) groups is 2. The molecule has 2 N–H and O–H groups in total. The molecule has 0 aliphatic heterocycles. The molecule has 36 heavy (non-hydrogen) atoms. The van der Waals surface area contributed by atoms with Gasteiger partial charge in [-0.05, 0) is 58.7 Å². The monoisotopic (exact) mass is 484 g/mol. The topological polar surface area (TPSA) is 76.7 Å². The van der Waals surface area contributed by atoms with Crippen LogP contribution in [0.1, 0.15) is 25.7 Å². The highest BCUT2D eigenvalue weighted by molar-refractivity contribution is 5.85. The van der Waals surface area contributed by atoms with E-state index in [9.17, 15) is 9.59 Å². The van der Waals surface area contributed by atoms with Crippen LogP contribution in [0.5, 0.6) is 11.5 Å². The maximum Gasteiger partial charge on any atom is 0.257 e. The van der Waals surface area contributed by atoms with Crippen molar-refractivity contribution in [2.45, 2.75) is 25.7 Å². The summed E-state index contributed by atoms with van der Waals surface area (Å²) in [5, 5.41) is 10.2. The molecular weight excluding hydrogens is 452 g/mol. The fraction of sp³-hybridized carbons (Fsp3) is 0.267. The summed E-state index contributed by atoms with van der Waals surface area (Å²) in [5.74, 6) is 1.13. The summed E-state index contributed by atoms with van der Waals surface area (Å²) in [6, 6.07) is 27.7. The smallest absolute Gasteiger partial charge is 0.257 e. The van der Waals surface area contributed by atoms with Gasteiger partial charge in [0.25, 0.3) is 11.8 Å². The maximum atomic E-state index is 12.0. The summed E-state index contributed by atoms with van der Waals surface area (Å²) in [6.45, 7) is 1.25. The van der Waals surface area contributed by atoms with Gasteiger partial charge in [-0.3, -0.25) is 9.59 Å². The molecule has 0 fully saturated rings. The van der Waals surface area contributed by atoms with Gasteiger partial charge in [0, 0.05) is 13.1 Å². The van der Waals surface area contributed by atoms with Gasteiger partial charge < -0.3 is 20.1 Å². The summed E-state index contributed by atoms with van der Waals surface area (Å²) in [7, 11) is 0. The first-order valence-electron chi connectivity index (χ1n) is 12.4. The van der Waals surface area contributed by atoms with E-state index in [4.69, 9.17) is 9.47 Å². The van der Waals surface area contributed by atoms with Gasteiger partial charge in [-0.25, -0.2) is 0 Å². The number of ether oxygens (including phenoxy) is 2. The summed E-state index contributed by atoms with van der Waals surface area (Å²) in [4.78, 5) is 24.0. The molecule has 0 saturated heterocycles. The van der Waals surface area contributed by atoms with Gasteiger partial charge >= 0.3 is 0 Å². The van der Waals surface area contributed by atoms with Crippen molar-refractivity contribution in [3.63, 3.8) is 0 Å². The van der Waals surface area contributed by atoms with Crippen molar-refractivity contribution in [2.75, 3.05) is 26.3 Å². The lowest BCUT2D eigenvalue weighted by Gasteiger charge is -2.09. The van der Waals surface area contributed by atoms with Crippen molar-refractivity contribution in [1.82, 2.24) is 10.6 Å². The minimum Gasteiger partial charge on any atom is -0.484 e. The molecule has 0 bridgehead atoms. The minimum atomic E-state index is -0.123. The van der Waals surface area contributed by atoms with Crippen molar-refractivity contribution in [1.29, 1.82) is 0 Å². The summed E-state index contributed by atoms with van der Waals surface area (Å²) in [5.41, 5.74) is 0. The second-order valence-electron chi connectivity index (χ2n) is 8.71. The molecule has 2 amide bonds. The van der Waals surface area contributed by atoms with E-state index in [-0.39, 0.29) is 25.0 Å². The molecule has 0 aliphatic carbocycles. The molecule has 4 rings (SSSR count). The Bertz CT molecular complexity index is 1200. The standard InChI is InChI=1S/C30H32N2O4/c33-29(21-35-27-15-13-23-9-3-5-11-25(23)19-27)31-17-7-1-2-8-18-32-30(34)22-36-28-16-14-24-10-4-6-12-26(24)20-28/h3-6,9-16,19-20H,1-2,7-8,17-18,21-22H2,(H,31,33)(H,32,34). The second kappa shape index (κ2) is 13.1. The number of benzene rings is 4. The molecule has 0 spiro atoms. The van der Waals surface area contributed by atoms with Crippen LogP contribution in [0.2, 0.25) is 0 Å². The average Bonchev–Trinajstić information content (AvgIpc) is 2.92. The van der Waals surface area contributed by atoms with Crippen LogP contribution in [-0.4, -0.2) is 38.1 Å². The predicted molar refractivity (Wildman–Crippen MR) is 143 cm³/mol. The Balaban J connectivity index is 1.01. The number of amides is 2. The molecule has 0 aliphatic rings. The lowest BCUT2D eigenvalue weighted by molar-refractivity contribution is -0.123. The van der Waals surface area contributed by atoms with E-state index in [2.05, 4.69) is 10.6 Å². The number of fused-ring (bicyclic) bond motifs is 2. The zero-order chi connectivity index (χ0) is 25.0. The van der Waals surface area contributed by atoms with Crippen LogP contribution in [0.3, 0.4) is 0 Å².